The van der Waals surface area contributed by atoms with Gasteiger partial charge in [-0.3, -0.25) is 9.59 Å². The summed E-state index contributed by atoms with van der Waals surface area (Å²) >= 11 is 6.15. The van der Waals surface area contributed by atoms with Crippen molar-refractivity contribution in [1.82, 2.24) is 0 Å². The van der Waals surface area contributed by atoms with E-state index < -0.39 is 6.16 Å². The van der Waals surface area contributed by atoms with Crippen LogP contribution in [0, 0.1) is 13.8 Å². The van der Waals surface area contributed by atoms with Gasteiger partial charge in [0, 0.05) is 22.0 Å². The van der Waals surface area contributed by atoms with Gasteiger partial charge in [0.25, 0.3) is 11.8 Å². The lowest BCUT2D eigenvalue weighted by Crippen LogP contribution is -2.20. The molecule has 3 aromatic carbocycles. The lowest BCUT2D eigenvalue weighted by molar-refractivity contribution is -0.118. The first kappa shape index (κ1) is 25.6. The van der Waals surface area contributed by atoms with E-state index in [9.17, 15) is 14.4 Å². The first-order valence-corrected chi connectivity index (χ1v) is 11.2. The van der Waals surface area contributed by atoms with Gasteiger partial charge in [0.2, 0.25) is 0 Å². The molecule has 0 aliphatic carbocycles. The van der Waals surface area contributed by atoms with Gasteiger partial charge in [-0.05, 0) is 92.6 Å². The Bertz CT molecular complexity index is 1190. The predicted molar refractivity (Wildman–Crippen MR) is 134 cm³/mol. The average Bonchev–Trinajstić information content (AvgIpc) is 2.83. The van der Waals surface area contributed by atoms with E-state index in [4.69, 9.17) is 25.8 Å². The molecule has 2 N–H and O–H groups in total. The third-order valence-corrected chi connectivity index (χ3v) is 5.38. The maximum absolute atomic E-state index is 12.5. The van der Waals surface area contributed by atoms with Crippen LogP contribution >= 0.6 is 11.6 Å². The van der Waals surface area contributed by atoms with Gasteiger partial charge in [-0.25, -0.2) is 4.79 Å². The summed E-state index contributed by atoms with van der Waals surface area (Å²) in [6.45, 7) is 5.47. The molecule has 2 amide bonds. The van der Waals surface area contributed by atoms with Crippen LogP contribution in [-0.2, 0) is 9.53 Å². The van der Waals surface area contributed by atoms with E-state index in [-0.39, 0.29) is 30.8 Å². The Balaban J connectivity index is 1.50. The number of nitrogens with one attached hydrogen (secondary N) is 2. The van der Waals surface area contributed by atoms with Crippen molar-refractivity contribution in [3.63, 3.8) is 0 Å². The van der Waals surface area contributed by atoms with Crippen molar-refractivity contribution in [3.8, 4) is 11.5 Å². The Hall–Kier alpha value is -4.04. The monoisotopic (exact) mass is 496 g/mol. The molecule has 35 heavy (non-hydrogen) atoms. The molecule has 3 rings (SSSR count). The Morgan fingerprint density at radius 1 is 0.829 bits per heavy atom. The normalized spacial score (nSPS) is 10.3. The zero-order chi connectivity index (χ0) is 25.4. The highest BCUT2D eigenvalue weighted by Crippen LogP contribution is 2.26. The van der Waals surface area contributed by atoms with Gasteiger partial charge in [0.15, 0.2) is 6.61 Å². The van der Waals surface area contributed by atoms with Gasteiger partial charge < -0.3 is 24.8 Å². The van der Waals surface area contributed by atoms with Crippen LogP contribution in [0.25, 0.3) is 0 Å². The summed E-state index contributed by atoms with van der Waals surface area (Å²) in [6, 6.07) is 16.3. The molecule has 0 saturated heterocycles. The summed E-state index contributed by atoms with van der Waals surface area (Å²) in [6.07, 6.45) is -0.807. The summed E-state index contributed by atoms with van der Waals surface area (Å²) in [4.78, 5) is 36.0. The Morgan fingerprint density at radius 2 is 1.40 bits per heavy atom. The molecule has 0 fully saturated rings. The van der Waals surface area contributed by atoms with Crippen molar-refractivity contribution in [2.24, 2.45) is 0 Å². The molecule has 0 aliphatic rings. The number of benzene rings is 3. The number of halogens is 1. The molecule has 0 bridgehead atoms. The second-order valence-corrected chi connectivity index (χ2v) is 7.93. The number of hydrogen-bond acceptors (Lipinski definition) is 6. The van der Waals surface area contributed by atoms with Gasteiger partial charge in [-0.1, -0.05) is 11.6 Å². The minimum Gasteiger partial charge on any atom is -0.484 e. The highest BCUT2D eigenvalue weighted by Gasteiger charge is 2.10. The SMILES string of the molecule is CCOC(=O)Oc1ccc(C(=O)Nc2ccc(NC(=O)COc3cc(C)c(Cl)c(C)c3)cc2)cc1. The van der Waals surface area contributed by atoms with E-state index in [0.717, 1.165) is 11.1 Å². The van der Waals surface area contributed by atoms with Crippen LogP contribution in [0.3, 0.4) is 0 Å². The maximum Gasteiger partial charge on any atom is 0.513 e. The first-order valence-electron chi connectivity index (χ1n) is 10.8. The third kappa shape index (κ3) is 7.48. The van der Waals surface area contributed by atoms with Crippen LogP contribution in [0.5, 0.6) is 11.5 Å². The highest BCUT2D eigenvalue weighted by molar-refractivity contribution is 6.32. The van der Waals surface area contributed by atoms with Crippen LogP contribution in [-0.4, -0.2) is 31.2 Å². The number of ether oxygens (including phenoxy) is 3. The fourth-order valence-electron chi connectivity index (χ4n) is 3.09. The van der Waals surface area contributed by atoms with E-state index in [2.05, 4.69) is 10.6 Å². The van der Waals surface area contributed by atoms with Crippen LogP contribution in [0.2, 0.25) is 5.02 Å². The average molecular weight is 497 g/mol. The molecule has 0 heterocycles. The molecule has 0 unspecified atom stereocenters. The van der Waals surface area contributed by atoms with Crippen LogP contribution in [0.1, 0.15) is 28.4 Å². The number of hydrogen-bond donors (Lipinski definition) is 2. The molecule has 0 aliphatic heterocycles. The fourth-order valence-corrected chi connectivity index (χ4v) is 3.20. The number of aryl methyl sites for hydroxylation is 2. The summed E-state index contributed by atoms with van der Waals surface area (Å²) in [5.74, 6) is 0.173. The third-order valence-electron chi connectivity index (χ3n) is 4.79. The standard InChI is InChI=1S/C26H25ClN2O6/c1-4-33-26(32)35-21-11-5-18(6-12-21)25(31)29-20-9-7-19(8-10-20)28-23(30)15-34-22-13-16(2)24(27)17(3)14-22/h5-14H,4,15H2,1-3H3,(H,28,30)(H,29,31). The molecule has 0 atom stereocenters. The second-order valence-electron chi connectivity index (χ2n) is 7.55. The van der Waals surface area contributed by atoms with Crippen molar-refractivity contribution < 1.29 is 28.6 Å². The second kappa shape index (κ2) is 11.9. The van der Waals surface area contributed by atoms with Crippen molar-refractivity contribution >= 4 is 40.9 Å². The first-order chi connectivity index (χ1) is 16.7. The van der Waals surface area contributed by atoms with Gasteiger partial charge in [0.1, 0.15) is 11.5 Å². The van der Waals surface area contributed by atoms with Gasteiger partial charge in [0.05, 0.1) is 6.61 Å². The van der Waals surface area contributed by atoms with E-state index in [1.54, 1.807) is 43.3 Å². The summed E-state index contributed by atoms with van der Waals surface area (Å²) in [5, 5.41) is 6.18. The highest BCUT2D eigenvalue weighted by atomic mass is 35.5. The smallest absolute Gasteiger partial charge is 0.484 e. The van der Waals surface area contributed by atoms with Crippen molar-refractivity contribution in [3.05, 3.63) is 82.4 Å². The van der Waals surface area contributed by atoms with Crippen LogP contribution < -0.4 is 20.1 Å². The Morgan fingerprint density at radius 3 is 1.97 bits per heavy atom. The van der Waals surface area contributed by atoms with E-state index in [0.29, 0.717) is 27.7 Å². The van der Waals surface area contributed by atoms with E-state index in [1.807, 2.05) is 13.8 Å². The molecule has 0 saturated carbocycles. The Labute approximate surface area is 208 Å². The summed E-state index contributed by atoms with van der Waals surface area (Å²) in [5.41, 5.74) is 3.23. The van der Waals surface area contributed by atoms with Crippen LogP contribution in [0.4, 0.5) is 16.2 Å². The lowest BCUT2D eigenvalue weighted by atomic mass is 10.1. The molecular weight excluding hydrogens is 472 g/mol. The van der Waals surface area contributed by atoms with E-state index in [1.165, 1.54) is 24.3 Å². The molecule has 182 valence electrons. The fraction of sp³-hybridized carbons (Fsp3) is 0.192. The van der Waals surface area contributed by atoms with Crippen molar-refractivity contribution in [1.29, 1.82) is 0 Å². The molecule has 9 heteroatoms. The minimum atomic E-state index is -0.807. The molecule has 0 aromatic heterocycles. The largest absolute Gasteiger partial charge is 0.513 e. The number of rotatable bonds is 8. The molecule has 8 nitrogen and oxygen atoms in total. The van der Waals surface area contributed by atoms with Gasteiger partial charge in [-0.15, -0.1) is 0 Å². The minimum absolute atomic E-state index is 0.158. The quantitative estimate of drug-likeness (QED) is 0.303. The van der Waals surface area contributed by atoms with Gasteiger partial charge in [-0.2, -0.15) is 0 Å². The Kier molecular flexibility index (Phi) is 8.69. The lowest BCUT2D eigenvalue weighted by Gasteiger charge is -2.11. The number of carbonyl (C=O) groups excluding carboxylic acids is 3. The molecule has 0 spiro atoms. The molecule has 0 radical (unpaired) electrons. The summed E-state index contributed by atoms with van der Waals surface area (Å²) in [7, 11) is 0. The number of amides is 2. The van der Waals surface area contributed by atoms with Gasteiger partial charge >= 0.3 is 6.16 Å². The maximum atomic E-state index is 12.5. The predicted octanol–water partition coefficient (Wildman–Crippen LogP) is 5.76. The van der Waals surface area contributed by atoms with Crippen molar-refractivity contribution in [2.45, 2.75) is 20.8 Å². The number of carbonyl (C=O) groups is 3. The van der Waals surface area contributed by atoms with Crippen LogP contribution in [0.15, 0.2) is 60.7 Å². The molecular formula is C26H25ClN2O6. The topological polar surface area (TPSA) is 103 Å². The van der Waals surface area contributed by atoms with E-state index >= 15 is 0 Å². The summed E-state index contributed by atoms with van der Waals surface area (Å²) < 4.78 is 15.2. The molecule has 3 aromatic rings. The zero-order valence-electron chi connectivity index (χ0n) is 19.5. The van der Waals surface area contributed by atoms with Crippen molar-refractivity contribution in [2.75, 3.05) is 23.8 Å². The zero-order valence-corrected chi connectivity index (χ0v) is 20.3. The number of anilines is 2.